The van der Waals surface area contributed by atoms with Crippen LogP contribution in [0.5, 0.6) is 0 Å². The zero-order valence-electron chi connectivity index (χ0n) is 13.8. The third-order valence-electron chi connectivity index (χ3n) is 4.31. The Kier molecular flexibility index (Phi) is 5.75. The van der Waals surface area contributed by atoms with E-state index >= 15 is 0 Å². The zero-order chi connectivity index (χ0) is 18.9. The van der Waals surface area contributed by atoms with Gasteiger partial charge in [0.2, 0.25) is 5.91 Å². The van der Waals surface area contributed by atoms with Crippen LogP contribution in [0, 0.1) is 0 Å². The van der Waals surface area contributed by atoms with E-state index in [9.17, 15) is 19.5 Å². The third-order valence-corrected chi connectivity index (χ3v) is 6.84. The van der Waals surface area contributed by atoms with Crippen LogP contribution in [0.25, 0.3) is 0 Å². The number of ether oxygens (including phenoxy) is 1. The highest BCUT2D eigenvalue weighted by atomic mass is 79.9. The Morgan fingerprint density at radius 3 is 2.85 bits per heavy atom. The lowest BCUT2D eigenvalue weighted by atomic mass is 9.93. The number of hydrogen-bond donors (Lipinski definition) is 2. The lowest BCUT2D eigenvalue weighted by Crippen LogP contribution is -2.83. The summed E-state index contributed by atoms with van der Waals surface area (Å²) >= 11 is 6.04. The van der Waals surface area contributed by atoms with E-state index < -0.39 is 29.0 Å². The number of amides is 2. The quantitative estimate of drug-likeness (QED) is 0.365. The molecule has 0 spiro atoms. The van der Waals surface area contributed by atoms with Gasteiger partial charge in [-0.25, -0.2) is 4.79 Å². The molecule has 2 N–H and O–H groups in total. The first-order chi connectivity index (χ1) is 12.4. The van der Waals surface area contributed by atoms with Crippen LogP contribution in [0.4, 0.5) is 0 Å². The molecule has 0 radical (unpaired) electrons. The normalized spacial score (nSPS) is 27.4. The number of thiophene rings is 1. The highest BCUT2D eigenvalue weighted by Crippen LogP contribution is 2.46. The number of rotatable bonds is 7. The number of halogens is 1. The second-order valence-electron chi connectivity index (χ2n) is 5.82. The predicted molar refractivity (Wildman–Crippen MR) is 102 cm³/mol. The second-order valence-corrected chi connectivity index (χ2v) is 8.60. The van der Waals surface area contributed by atoms with E-state index in [0.717, 1.165) is 4.88 Å². The van der Waals surface area contributed by atoms with Crippen LogP contribution in [-0.2, 0) is 25.5 Å². The number of thioether (sulfide) groups is 1. The number of alkyl halides is 1. The highest BCUT2D eigenvalue weighted by Gasteiger charge is 2.67. The molecule has 26 heavy (non-hydrogen) atoms. The predicted octanol–water partition coefficient (Wildman–Crippen LogP) is 1.79. The Morgan fingerprint density at radius 1 is 1.50 bits per heavy atom. The third kappa shape index (κ3) is 3.19. The van der Waals surface area contributed by atoms with Crippen molar-refractivity contribution in [3.05, 3.63) is 33.4 Å². The molecular formula is C16H17BrN2O5S2. The number of nitrogens with zero attached hydrogens (tertiary/aromatic N) is 1. The summed E-state index contributed by atoms with van der Waals surface area (Å²) in [5.41, 5.74) is -0.887. The van der Waals surface area contributed by atoms with Crippen molar-refractivity contribution >= 4 is 56.8 Å². The molecule has 1 fully saturated rings. The van der Waals surface area contributed by atoms with Crippen molar-refractivity contribution in [3.63, 3.8) is 0 Å². The van der Waals surface area contributed by atoms with Crippen LogP contribution in [0.3, 0.4) is 0 Å². The van der Waals surface area contributed by atoms with Gasteiger partial charge in [-0.1, -0.05) is 22.0 Å². The minimum Gasteiger partial charge on any atom is -0.479 e. The summed E-state index contributed by atoms with van der Waals surface area (Å²) in [5, 5.41) is 15.9. The molecule has 2 aliphatic heterocycles. The maximum atomic E-state index is 12.8. The van der Waals surface area contributed by atoms with Crippen LogP contribution in [0.1, 0.15) is 11.3 Å². The number of nitrogens with one attached hydrogen (secondary N) is 1. The molecule has 0 saturated carbocycles. The Morgan fingerprint density at radius 2 is 2.27 bits per heavy atom. The number of carboxylic acids is 1. The summed E-state index contributed by atoms with van der Waals surface area (Å²) in [4.78, 5) is 39.1. The lowest BCUT2D eigenvalue weighted by Gasteiger charge is -2.57. The van der Waals surface area contributed by atoms with Crippen LogP contribution in [-0.4, -0.2) is 57.4 Å². The zero-order valence-corrected chi connectivity index (χ0v) is 17.0. The van der Waals surface area contributed by atoms with Crippen LogP contribution < -0.4 is 5.32 Å². The summed E-state index contributed by atoms with van der Waals surface area (Å²) in [6.45, 7) is 0. The molecule has 140 valence electrons. The second kappa shape index (κ2) is 7.71. The van der Waals surface area contributed by atoms with E-state index in [1.807, 2.05) is 17.5 Å². The van der Waals surface area contributed by atoms with Gasteiger partial charge >= 0.3 is 5.97 Å². The minimum absolute atomic E-state index is 0.139. The van der Waals surface area contributed by atoms with Crippen molar-refractivity contribution in [2.45, 2.75) is 30.0 Å². The van der Waals surface area contributed by atoms with Crippen LogP contribution >= 0.6 is 39.0 Å². The highest BCUT2D eigenvalue weighted by molar-refractivity contribution is 9.09. The van der Waals surface area contributed by atoms with Crippen LogP contribution in [0.2, 0.25) is 0 Å². The maximum absolute atomic E-state index is 12.8. The minimum atomic E-state index is -1.54. The van der Waals surface area contributed by atoms with Gasteiger partial charge < -0.3 is 20.1 Å². The number of carbonyl (C=O) groups excluding carboxylic acids is 2. The molecule has 1 aromatic heterocycles. The van der Waals surface area contributed by atoms with Crippen molar-refractivity contribution in [3.8, 4) is 0 Å². The topological polar surface area (TPSA) is 95.9 Å². The van der Waals surface area contributed by atoms with Gasteiger partial charge in [-0.05, 0) is 28.8 Å². The summed E-state index contributed by atoms with van der Waals surface area (Å²) < 4.78 is 5.40. The number of β-lactam (4-membered cyclic amide) rings is 1. The number of fused-ring (bicyclic) bond motifs is 1. The van der Waals surface area contributed by atoms with Crippen molar-refractivity contribution in [1.29, 1.82) is 0 Å². The smallest absolute Gasteiger partial charge is 0.330 e. The average Bonchev–Trinajstić information content (AvgIpc) is 3.11. The molecule has 0 aromatic carbocycles. The molecule has 3 rings (SSSR count). The fourth-order valence-corrected chi connectivity index (χ4v) is 5.61. The fourth-order valence-electron chi connectivity index (χ4n) is 3.10. The number of carbonyl (C=O) groups is 3. The summed E-state index contributed by atoms with van der Waals surface area (Å²) in [5.74, 6) is -1.97. The van der Waals surface area contributed by atoms with E-state index in [1.54, 1.807) is 5.41 Å². The Balaban J connectivity index is 1.81. The van der Waals surface area contributed by atoms with E-state index in [4.69, 9.17) is 4.74 Å². The molecule has 2 unspecified atom stereocenters. The number of methoxy groups -OCH3 is 1. The van der Waals surface area contributed by atoms with Crippen molar-refractivity contribution in [1.82, 2.24) is 10.2 Å². The van der Waals surface area contributed by atoms with Crippen molar-refractivity contribution in [2.24, 2.45) is 0 Å². The molecule has 3 atom stereocenters. The Hall–Kier alpha value is -1.36. The first-order valence-electron chi connectivity index (χ1n) is 7.79. The van der Waals surface area contributed by atoms with E-state index in [0.29, 0.717) is 17.3 Å². The number of hydrogen-bond acceptors (Lipinski definition) is 6. The Bertz CT molecular complexity index is 754. The number of carboxylic acid groups (broad SMARTS) is 1. The summed E-state index contributed by atoms with van der Waals surface area (Å²) in [7, 11) is 1.34. The van der Waals surface area contributed by atoms with Crippen LogP contribution in [0.15, 0.2) is 28.5 Å². The van der Waals surface area contributed by atoms with Gasteiger partial charge in [0.15, 0.2) is 6.04 Å². The van der Waals surface area contributed by atoms with Crippen molar-refractivity contribution in [2.75, 3.05) is 12.4 Å². The van der Waals surface area contributed by atoms with Gasteiger partial charge in [-0.3, -0.25) is 9.59 Å². The van der Waals surface area contributed by atoms with Gasteiger partial charge in [0.25, 0.3) is 11.6 Å². The van der Waals surface area contributed by atoms with Gasteiger partial charge in [0, 0.05) is 17.3 Å². The van der Waals surface area contributed by atoms with Gasteiger partial charge in [-0.15, -0.1) is 23.1 Å². The molecule has 0 aliphatic carbocycles. The molecule has 1 aromatic rings. The fraction of sp³-hybridized carbons (Fsp3) is 0.438. The molecule has 1 saturated heterocycles. The summed E-state index contributed by atoms with van der Waals surface area (Å²) in [6, 6.07) is 2.65. The first-order valence-corrected chi connectivity index (χ1v) is 10.7. The first kappa shape index (κ1) is 19.4. The molecule has 0 bridgehead atoms. The molecule has 2 amide bonds. The molecule has 3 heterocycles. The lowest BCUT2D eigenvalue weighted by molar-refractivity contribution is -0.201. The monoisotopic (exact) mass is 460 g/mol. The number of aliphatic carboxylic acids is 1. The van der Waals surface area contributed by atoms with E-state index in [1.165, 1.54) is 35.1 Å². The molecule has 2 aliphatic rings. The maximum Gasteiger partial charge on any atom is 0.330 e. The van der Waals surface area contributed by atoms with Gasteiger partial charge in [-0.2, -0.15) is 0 Å². The average molecular weight is 461 g/mol. The summed E-state index contributed by atoms with van der Waals surface area (Å²) in [6.07, 6.45) is 0.658. The van der Waals surface area contributed by atoms with E-state index in [-0.39, 0.29) is 12.3 Å². The van der Waals surface area contributed by atoms with Gasteiger partial charge in [0.05, 0.1) is 6.42 Å². The standard InChI is InChI=1S/C16H17BrN2O5S2/c1-24-16(18-11(20)7-10-3-2-6-25-10)14(23)19-12(13(21)22)9(4-5-17)8-26-15(16)19/h2-3,6,8,12,15H,4-5,7H2,1H3,(H,18,20)(H,21,22)/t12?,15-,16?/m1/s1. The largest absolute Gasteiger partial charge is 0.479 e. The van der Waals surface area contributed by atoms with E-state index in [2.05, 4.69) is 21.2 Å². The molecule has 10 heteroatoms. The van der Waals surface area contributed by atoms with Crippen molar-refractivity contribution < 1.29 is 24.2 Å². The molecule has 7 nitrogen and oxygen atoms in total. The van der Waals surface area contributed by atoms with Gasteiger partial charge in [0.1, 0.15) is 5.37 Å². The molecular weight excluding hydrogens is 444 g/mol. The Labute approximate surface area is 166 Å². The SMILES string of the molecule is COC1(NC(=O)Cc2cccs2)C(=O)N2C(C(=O)O)C(CCBr)=CS[C@@H]21.